The minimum atomic E-state index is -0.733. The standard InChI is InChI=1S/C15H21NO2S/c1-10-6-11(2)8-12(7-10)14(15(17)18)16-9-13-4-3-5-19-13/h3-6,10,12,14,16H,7-9H2,1-2H3,(H,17,18). The lowest BCUT2D eigenvalue weighted by Crippen LogP contribution is -2.43. The fourth-order valence-corrected chi connectivity index (χ4v) is 3.59. The zero-order valence-electron chi connectivity index (χ0n) is 11.4. The van der Waals surface area contributed by atoms with Gasteiger partial charge in [-0.25, -0.2) is 0 Å². The SMILES string of the molecule is CC1=CC(C)CC(C(NCc2cccs2)C(=O)O)C1. The van der Waals surface area contributed by atoms with Crippen LogP contribution in [-0.2, 0) is 11.3 Å². The molecule has 0 saturated heterocycles. The number of carboxylic acids is 1. The van der Waals surface area contributed by atoms with E-state index in [9.17, 15) is 9.90 Å². The monoisotopic (exact) mass is 279 g/mol. The van der Waals surface area contributed by atoms with Gasteiger partial charge in [-0.15, -0.1) is 11.3 Å². The van der Waals surface area contributed by atoms with Crippen LogP contribution in [0.25, 0.3) is 0 Å². The van der Waals surface area contributed by atoms with Crippen LogP contribution in [0.1, 0.15) is 31.6 Å². The van der Waals surface area contributed by atoms with Crippen LogP contribution in [0.15, 0.2) is 29.2 Å². The average Bonchev–Trinajstić information content (AvgIpc) is 2.80. The van der Waals surface area contributed by atoms with Crippen LogP contribution in [-0.4, -0.2) is 17.1 Å². The molecular formula is C15H21NO2S. The molecule has 0 fully saturated rings. The van der Waals surface area contributed by atoms with Crippen molar-refractivity contribution >= 4 is 17.3 Å². The third-order valence-electron chi connectivity index (χ3n) is 3.64. The first kappa shape index (κ1) is 14.3. The zero-order valence-corrected chi connectivity index (χ0v) is 12.2. The van der Waals surface area contributed by atoms with E-state index in [2.05, 4.69) is 25.2 Å². The first-order valence-electron chi connectivity index (χ1n) is 6.72. The molecule has 2 N–H and O–H groups in total. The second kappa shape index (κ2) is 6.35. The van der Waals surface area contributed by atoms with Crippen molar-refractivity contribution in [1.29, 1.82) is 0 Å². The third kappa shape index (κ3) is 3.91. The topological polar surface area (TPSA) is 49.3 Å². The highest BCUT2D eigenvalue weighted by Gasteiger charge is 2.30. The molecular weight excluding hydrogens is 258 g/mol. The largest absolute Gasteiger partial charge is 0.480 e. The number of hydrogen-bond acceptors (Lipinski definition) is 3. The van der Waals surface area contributed by atoms with Gasteiger partial charge in [0.1, 0.15) is 6.04 Å². The summed E-state index contributed by atoms with van der Waals surface area (Å²) in [6.07, 6.45) is 4.10. The van der Waals surface area contributed by atoms with Crippen molar-refractivity contribution in [3.63, 3.8) is 0 Å². The van der Waals surface area contributed by atoms with E-state index in [0.717, 1.165) is 12.8 Å². The maximum atomic E-state index is 11.5. The summed E-state index contributed by atoms with van der Waals surface area (Å²) in [5, 5.41) is 14.7. The van der Waals surface area contributed by atoms with Crippen LogP contribution in [0.5, 0.6) is 0 Å². The summed E-state index contributed by atoms with van der Waals surface area (Å²) in [5.74, 6) is -0.0648. The smallest absolute Gasteiger partial charge is 0.321 e. The first-order valence-corrected chi connectivity index (χ1v) is 7.60. The maximum absolute atomic E-state index is 11.5. The Bertz CT molecular complexity index is 453. The molecule has 0 aromatic carbocycles. The van der Waals surface area contributed by atoms with Gasteiger partial charge in [0, 0.05) is 11.4 Å². The number of rotatable bonds is 5. The number of aliphatic carboxylic acids is 1. The minimum absolute atomic E-state index is 0.192. The number of allylic oxidation sites excluding steroid dienone is 2. The molecule has 0 bridgehead atoms. The molecule has 1 aliphatic carbocycles. The van der Waals surface area contributed by atoms with Gasteiger partial charge in [0.05, 0.1) is 0 Å². The molecule has 3 unspecified atom stereocenters. The van der Waals surface area contributed by atoms with Crippen LogP contribution >= 0.6 is 11.3 Å². The third-order valence-corrected chi connectivity index (χ3v) is 4.52. The Balaban J connectivity index is 2.00. The minimum Gasteiger partial charge on any atom is -0.480 e. The predicted molar refractivity (Wildman–Crippen MR) is 78.2 cm³/mol. The Labute approximate surface area is 118 Å². The Morgan fingerprint density at radius 1 is 1.63 bits per heavy atom. The number of nitrogens with one attached hydrogen (secondary N) is 1. The fraction of sp³-hybridized carbons (Fsp3) is 0.533. The number of thiophene rings is 1. The van der Waals surface area contributed by atoms with E-state index < -0.39 is 12.0 Å². The molecule has 0 amide bonds. The summed E-state index contributed by atoms with van der Waals surface area (Å²) >= 11 is 1.66. The maximum Gasteiger partial charge on any atom is 0.321 e. The van der Waals surface area contributed by atoms with Crippen LogP contribution in [0, 0.1) is 11.8 Å². The van der Waals surface area contributed by atoms with E-state index >= 15 is 0 Å². The summed E-state index contributed by atoms with van der Waals surface area (Å²) < 4.78 is 0. The molecule has 4 heteroatoms. The Kier molecular flexibility index (Phi) is 4.77. The van der Waals surface area contributed by atoms with Gasteiger partial charge in [0.15, 0.2) is 0 Å². The summed E-state index contributed by atoms with van der Waals surface area (Å²) in [6.45, 7) is 4.90. The molecule has 0 aliphatic heterocycles. The lowest BCUT2D eigenvalue weighted by Gasteiger charge is -2.30. The van der Waals surface area contributed by atoms with Gasteiger partial charge in [0.25, 0.3) is 0 Å². The second-order valence-electron chi connectivity index (χ2n) is 5.47. The van der Waals surface area contributed by atoms with Gasteiger partial charge in [-0.3, -0.25) is 10.1 Å². The molecule has 3 atom stereocenters. The summed E-state index contributed by atoms with van der Waals surface area (Å²) in [5.41, 5.74) is 1.31. The van der Waals surface area contributed by atoms with E-state index in [4.69, 9.17) is 0 Å². The Hall–Kier alpha value is -1.13. The lowest BCUT2D eigenvalue weighted by molar-refractivity contribution is -0.141. The van der Waals surface area contributed by atoms with Gasteiger partial charge in [0.2, 0.25) is 0 Å². The molecule has 3 nitrogen and oxygen atoms in total. The van der Waals surface area contributed by atoms with Crippen LogP contribution in [0.3, 0.4) is 0 Å². The quantitative estimate of drug-likeness (QED) is 0.813. The van der Waals surface area contributed by atoms with Crippen molar-refractivity contribution in [2.45, 2.75) is 39.3 Å². The van der Waals surface area contributed by atoms with E-state index in [1.807, 2.05) is 17.5 Å². The summed E-state index contributed by atoms with van der Waals surface area (Å²) in [6, 6.07) is 3.58. The van der Waals surface area contributed by atoms with Crippen molar-refractivity contribution < 1.29 is 9.90 Å². The molecule has 0 spiro atoms. The van der Waals surface area contributed by atoms with Gasteiger partial charge < -0.3 is 5.11 Å². The molecule has 0 saturated carbocycles. The van der Waals surface area contributed by atoms with E-state index in [0.29, 0.717) is 12.5 Å². The number of carboxylic acid groups (broad SMARTS) is 1. The van der Waals surface area contributed by atoms with Crippen LogP contribution in [0.2, 0.25) is 0 Å². The lowest BCUT2D eigenvalue weighted by atomic mass is 9.79. The highest BCUT2D eigenvalue weighted by molar-refractivity contribution is 7.09. The summed E-state index contributed by atoms with van der Waals surface area (Å²) in [7, 11) is 0. The number of hydrogen-bond donors (Lipinski definition) is 2. The van der Waals surface area contributed by atoms with Crippen molar-refractivity contribution in [1.82, 2.24) is 5.32 Å². The van der Waals surface area contributed by atoms with Crippen LogP contribution in [0.4, 0.5) is 0 Å². The zero-order chi connectivity index (χ0) is 13.8. The van der Waals surface area contributed by atoms with Crippen LogP contribution < -0.4 is 5.32 Å². The van der Waals surface area contributed by atoms with Crippen molar-refractivity contribution in [2.75, 3.05) is 0 Å². The fourth-order valence-electron chi connectivity index (χ4n) is 2.93. The second-order valence-corrected chi connectivity index (χ2v) is 6.50. The van der Waals surface area contributed by atoms with Gasteiger partial charge in [-0.1, -0.05) is 24.6 Å². The normalized spacial score (nSPS) is 24.8. The highest BCUT2D eigenvalue weighted by atomic mass is 32.1. The highest BCUT2D eigenvalue weighted by Crippen LogP contribution is 2.30. The molecule has 1 aromatic rings. The molecule has 2 rings (SSSR count). The van der Waals surface area contributed by atoms with Crippen molar-refractivity contribution in [2.24, 2.45) is 11.8 Å². The molecule has 19 heavy (non-hydrogen) atoms. The van der Waals surface area contributed by atoms with Crippen molar-refractivity contribution in [3.05, 3.63) is 34.0 Å². The van der Waals surface area contributed by atoms with E-state index in [1.54, 1.807) is 11.3 Å². The van der Waals surface area contributed by atoms with Gasteiger partial charge in [-0.05, 0) is 43.0 Å². The predicted octanol–water partition coefficient (Wildman–Crippen LogP) is 3.28. The molecule has 1 heterocycles. The van der Waals surface area contributed by atoms with E-state index in [-0.39, 0.29) is 5.92 Å². The average molecular weight is 279 g/mol. The molecule has 1 aromatic heterocycles. The summed E-state index contributed by atoms with van der Waals surface area (Å²) in [4.78, 5) is 12.7. The van der Waals surface area contributed by atoms with Gasteiger partial charge >= 0.3 is 5.97 Å². The molecule has 1 aliphatic rings. The first-order chi connectivity index (χ1) is 9.06. The molecule has 0 radical (unpaired) electrons. The van der Waals surface area contributed by atoms with Gasteiger partial charge in [-0.2, -0.15) is 0 Å². The Morgan fingerprint density at radius 2 is 2.42 bits per heavy atom. The Morgan fingerprint density at radius 3 is 3.00 bits per heavy atom. The van der Waals surface area contributed by atoms with Crippen molar-refractivity contribution in [3.8, 4) is 0 Å². The molecule has 104 valence electrons. The number of carbonyl (C=O) groups is 1. The van der Waals surface area contributed by atoms with E-state index in [1.165, 1.54) is 10.5 Å².